The second-order valence-electron chi connectivity index (χ2n) is 6.30. The Morgan fingerprint density at radius 2 is 1.68 bits per heavy atom. The fourth-order valence-corrected chi connectivity index (χ4v) is 2.93. The summed E-state index contributed by atoms with van der Waals surface area (Å²) in [5, 5.41) is 20.1. The van der Waals surface area contributed by atoms with Gasteiger partial charge in [0, 0.05) is 29.3 Å². The zero-order valence-electron chi connectivity index (χ0n) is 14.0. The molecule has 25 heavy (non-hydrogen) atoms. The van der Waals surface area contributed by atoms with Crippen molar-refractivity contribution in [2.24, 2.45) is 0 Å². The smallest absolute Gasteiger partial charge is 0.198 e. The van der Waals surface area contributed by atoms with Gasteiger partial charge in [0.05, 0.1) is 5.56 Å². The van der Waals surface area contributed by atoms with E-state index >= 15 is 0 Å². The SMILES string of the molecule is CN(C)CC(O)COc1cc(O)c2c(c1)C(=O)c1ccccc1C2=O. The van der Waals surface area contributed by atoms with E-state index in [0.717, 1.165) is 0 Å². The summed E-state index contributed by atoms with van der Waals surface area (Å²) in [5.41, 5.74) is 0.695. The molecule has 2 N–H and O–H groups in total. The maximum Gasteiger partial charge on any atom is 0.198 e. The molecular weight excluding hydrogens is 322 g/mol. The molecule has 0 saturated heterocycles. The number of benzene rings is 2. The highest BCUT2D eigenvalue weighted by Gasteiger charge is 2.32. The quantitative estimate of drug-likeness (QED) is 0.731. The summed E-state index contributed by atoms with van der Waals surface area (Å²) in [6.45, 7) is 0.427. The second kappa shape index (κ2) is 6.66. The first-order valence-corrected chi connectivity index (χ1v) is 7.89. The molecule has 130 valence electrons. The van der Waals surface area contributed by atoms with Crippen molar-refractivity contribution in [3.63, 3.8) is 0 Å². The Kier molecular flexibility index (Phi) is 4.57. The average Bonchev–Trinajstić information content (AvgIpc) is 2.57. The van der Waals surface area contributed by atoms with Crippen molar-refractivity contribution in [2.45, 2.75) is 6.10 Å². The molecule has 2 aromatic carbocycles. The van der Waals surface area contributed by atoms with Gasteiger partial charge in [0.25, 0.3) is 0 Å². The Bertz CT molecular complexity index is 844. The number of hydrogen-bond donors (Lipinski definition) is 2. The molecule has 0 fully saturated rings. The van der Waals surface area contributed by atoms with Crippen molar-refractivity contribution < 1.29 is 24.5 Å². The highest BCUT2D eigenvalue weighted by atomic mass is 16.5. The third kappa shape index (κ3) is 3.26. The van der Waals surface area contributed by atoms with Gasteiger partial charge in [-0.3, -0.25) is 9.59 Å². The zero-order chi connectivity index (χ0) is 18.1. The largest absolute Gasteiger partial charge is 0.507 e. The summed E-state index contributed by atoms with van der Waals surface area (Å²) in [7, 11) is 3.66. The van der Waals surface area contributed by atoms with Gasteiger partial charge in [0.2, 0.25) is 0 Å². The molecule has 2 aromatic rings. The Labute approximate surface area is 145 Å². The molecule has 6 heteroatoms. The molecule has 1 atom stereocenters. The van der Waals surface area contributed by atoms with Crippen molar-refractivity contribution in [3.8, 4) is 11.5 Å². The van der Waals surface area contributed by atoms with Crippen LogP contribution in [0.2, 0.25) is 0 Å². The van der Waals surface area contributed by atoms with Crippen LogP contribution in [-0.4, -0.2) is 60.0 Å². The van der Waals surface area contributed by atoms with Crippen molar-refractivity contribution in [1.29, 1.82) is 0 Å². The third-order valence-corrected chi connectivity index (χ3v) is 4.00. The second-order valence-corrected chi connectivity index (χ2v) is 6.30. The lowest BCUT2D eigenvalue weighted by Crippen LogP contribution is -2.30. The lowest BCUT2D eigenvalue weighted by molar-refractivity contribution is 0.0828. The minimum atomic E-state index is -0.716. The van der Waals surface area contributed by atoms with Crippen molar-refractivity contribution in [2.75, 3.05) is 27.2 Å². The molecule has 0 aromatic heterocycles. The van der Waals surface area contributed by atoms with Gasteiger partial charge in [0.15, 0.2) is 11.6 Å². The number of likely N-dealkylation sites (N-methyl/N-ethyl adjacent to an activating group) is 1. The number of aliphatic hydroxyl groups excluding tert-OH is 1. The molecule has 3 rings (SSSR count). The van der Waals surface area contributed by atoms with Crippen LogP contribution in [0.1, 0.15) is 31.8 Å². The third-order valence-electron chi connectivity index (χ3n) is 4.00. The lowest BCUT2D eigenvalue weighted by atomic mass is 9.83. The molecule has 1 aliphatic carbocycles. The number of carbonyl (C=O) groups excluding carboxylic acids is 2. The zero-order valence-corrected chi connectivity index (χ0v) is 14.0. The van der Waals surface area contributed by atoms with E-state index in [1.165, 1.54) is 12.1 Å². The summed E-state index contributed by atoms with van der Waals surface area (Å²) in [6.07, 6.45) is -0.716. The van der Waals surface area contributed by atoms with Gasteiger partial charge in [0.1, 0.15) is 24.2 Å². The minimum absolute atomic E-state index is 0.00906. The molecule has 0 radical (unpaired) electrons. The number of phenolic OH excluding ortho intramolecular Hbond substituents is 1. The summed E-state index contributed by atoms with van der Waals surface area (Å²) >= 11 is 0. The average molecular weight is 341 g/mol. The van der Waals surface area contributed by atoms with Gasteiger partial charge in [-0.25, -0.2) is 0 Å². The van der Waals surface area contributed by atoms with Gasteiger partial charge < -0.3 is 19.8 Å². The molecule has 0 bridgehead atoms. The molecule has 6 nitrogen and oxygen atoms in total. The Balaban J connectivity index is 1.91. The number of rotatable bonds is 5. The van der Waals surface area contributed by atoms with E-state index in [0.29, 0.717) is 12.1 Å². The van der Waals surface area contributed by atoms with Crippen LogP contribution in [0.3, 0.4) is 0 Å². The molecule has 0 amide bonds. The van der Waals surface area contributed by atoms with Gasteiger partial charge in [-0.1, -0.05) is 24.3 Å². The summed E-state index contributed by atoms with van der Waals surface area (Å²) in [4.78, 5) is 27.1. The highest BCUT2D eigenvalue weighted by molar-refractivity contribution is 6.29. The normalized spacial score (nSPS) is 14.2. The van der Waals surface area contributed by atoms with E-state index in [1.807, 2.05) is 19.0 Å². The molecule has 0 aliphatic heterocycles. The fourth-order valence-electron chi connectivity index (χ4n) is 2.93. The number of ether oxygens (including phenoxy) is 1. The molecule has 1 aliphatic rings. The van der Waals surface area contributed by atoms with Gasteiger partial charge in [-0.05, 0) is 20.2 Å². The highest BCUT2D eigenvalue weighted by Crippen LogP contribution is 2.35. The van der Waals surface area contributed by atoms with E-state index in [9.17, 15) is 19.8 Å². The number of nitrogens with zero attached hydrogens (tertiary/aromatic N) is 1. The molecule has 0 spiro atoms. The van der Waals surface area contributed by atoms with E-state index in [-0.39, 0.29) is 46.4 Å². The number of aliphatic hydroxyl groups is 1. The predicted octanol–water partition coefficient (Wildman–Crippen LogP) is 1.47. The number of ketones is 2. The van der Waals surface area contributed by atoms with Crippen LogP contribution in [-0.2, 0) is 0 Å². The summed E-state index contributed by atoms with van der Waals surface area (Å²) in [6, 6.07) is 9.25. The maximum absolute atomic E-state index is 12.7. The van der Waals surface area contributed by atoms with E-state index < -0.39 is 6.10 Å². The van der Waals surface area contributed by atoms with E-state index in [1.54, 1.807) is 24.3 Å². The van der Waals surface area contributed by atoms with Crippen LogP contribution >= 0.6 is 0 Å². The minimum Gasteiger partial charge on any atom is -0.507 e. The van der Waals surface area contributed by atoms with Crippen molar-refractivity contribution in [1.82, 2.24) is 4.90 Å². The first-order valence-electron chi connectivity index (χ1n) is 7.89. The monoisotopic (exact) mass is 341 g/mol. The first kappa shape index (κ1) is 17.1. The topological polar surface area (TPSA) is 87.1 Å². The number of phenols is 1. The predicted molar refractivity (Wildman–Crippen MR) is 91.5 cm³/mol. The van der Waals surface area contributed by atoms with Crippen LogP contribution < -0.4 is 4.74 Å². The number of carbonyl (C=O) groups is 2. The van der Waals surface area contributed by atoms with Crippen molar-refractivity contribution in [3.05, 3.63) is 58.7 Å². The van der Waals surface area contributed by atoms with Crippen LogP contribution in [0.25, 0.3) is 0 Å². The molecule has 1 unspecified atom stereocenters. The number of aromatic hydroxyl groups is 1. The van der Waals surface area contributed by atoms with Crippen LogP contribution in [0.5, 0.6) is 11.5 Å². The van der Waals surface area contributed by atoms with Gasteiger partial charge in [-0.2, -0.15) is 0 Å². The Morgan fingerprint density at radius 1 is 1.04 bits per heavy atom. The fraction of sp³-hybridized carbons (Fsp3) is 0.263. The van der Waals surface area contributed by atoms with Gasteiger partial charge in [-0.15, -0.1) is 0 Å². The van der Waals surface area contributed by atoms with Crippen LogP contribution in [0.15, 0.2) is 36.4 Å². The number of hydrogen-bond acceptors (Lipinski definition) is 6. The summed E-state index contributed by atoms with van der Waals surface area (Å²) in [5.74, 6) is -0.793. The van der Waals surface area contributed by atoms with Crippen LogP contribution in [0, 0.1) is 0 Å². The standard InChI is InChI=1S/C19H19NO5/c1-20(2)9-11(21)10-25-12-7-15-17(16(22)8-12)19(24)14-6-4-3-5-13(14)18(15)23/h3-8,11,21-22H,9-10H2,1-2H3. The lowest BCUT2D eigenvalue weighted by Gasteiger charge is -2.20. The van der Waals surface area contributed by atoms with Crippen LogP contribution in [0.4, 0.5) is 0 Å². The molecular formula is C19H19NO5. The first-order chi connectivity index (χ1) is 11.9. The van der Waals surface area contributed by atoms with Crippen molar-refractivity contribution >= 4 is 11.6 Å². The maximum atomic E-state index is 12.7. The Hall–Kier alpha value is -2.70. The number of fused-ring (bicyclic) bond motifs is 2. The van der Waals surface area contributed by atoms with Gasteiger partial charge >= 0.3 is 0 Å². The Morgan fingerprint density at radius 3 is 2.32 bits per heavy atom. The molecule has 0 saturated carbocycles. The summed E-state index contributed by atoms with van der Waals surface area (Å²) < 4.78 is 5.49. The van der Waals surface area contributed by atoms with E-state index in [4.69, 9.17) is 4.74 Å². The van der Waals surface area contributed by atoms with E-state index in [2.05, 4.69) is 0 Å². The molecule has 0 heterocycles.